The number of aromatic nitrogens is 3. The van der Waals surface area contributed by atoms with Crippen molar-refractivity contribution in [3.05, 3.63) is 47.5 Å². The summed E-state index contributed by atoms with van der Waals surface area (Å²) in [6.07, 6.45) is 1.04. The Bertz CT molecular complexity index is 841. The van der Waals surface area contributed by atoms with Gasteiger partial charge in [0.15, 0.2) is 0 Å². The van der Waals surface area contributed by atoms with Crippen LogP contribution < -0.4 is 0 Å². The number of aromatic hydroxyl groups is 1. The largest absolute Gasteiger partial charge is 0.505 e. The number of hydrogen-bond acceptors (Lipinski definition) is 3. The summed E-state index contributed by atoms with van der Waals surface area (Å²) in [4.78, 5) is 1.56. The second-order valence-electron chi connectivity index (χ2n) is 7.47. The van der Waals surface area contributed by atoms with Gasteiger partial charge in [0.25, 0.3) is 0 Å². The van der Waals surface area contributed by atoms with Gasteiger partial charge in [0, 0.05) is 5.56 Å². The lowest BCUT2D eigenvalue weighted by Gasteiger charge is -2.24. The molecule has 1 heterocycles. The molecule has 0 saturated heterocycles. The van der Waals surface area contributed by atoms with E-state index >= 15 is 0 Å². The summed E-state index contributed by atoms with van der Waals surface area (Å²) in [5, 5.41) is 20.0. The van der Waals surface area contributed by atoms with E-state index in [2.05, 4.69) is 50.9 Å². The van der Waals surface area contributed by atoms with Crippen LogP contribution in [0.2, 0.25) is 0 Å². The Morgan fingerprint density at radius 1 is 1.08 bits per heavy atom. The molecule has 3 rings (SSSR count). The van der Waals surface area contributed by atoms with Crippen LogP contribution >= 0.6 is 0 Å². The van der Waals surface area contributed by atoms with Crippen molar-refractivity contribution in [2.75, 3.05) is 0 Å². The van der Waals surface area contributed by atoms with E-state index in [0.29, 0.717) is 11.6 Å². The first-order valence-electron chi connectivity index (χ1n) is 8.51. The molecule has 1 N–H and O–H groups in total. The molecule has 126 valence electrons. The molecule has 1 atom stereocenters. The number of phenols is 1. The first kappa shape index (κ1) is 16.5. The molecule has 0 radical (unpaired) electrons. The van der Waals surface area contributed by atoms with Crippen molar-refractivity contribution < 1.29 is 5.11 Å². The van der Waals surface area contributed by atoms with Crippen molar-refractivity contribution >= 4 is 11.0 Å². The molecule has 0 bridgehead atoms. The quantitative estimate of drug-likeness (QED) is 0.743. The normalized spacial score (nSPS) is 13.4. The molecule has 1 unspecified atom stereocenters. The zero-order valence-electron chi connectivity index (χ0n) is 15.0. The van der Waals surface area contributed by atoms with Gasteiger partial charge in [-0.1, -0.05) is 52.8 Å². The molecule has 0 fully saturated rings. The minimum atomic E-state index is -0.158. The monoisotopic (exact) mass is 323 g/mol. The van der Waals surface area contributed by atoms with Gasteiger partial charge in [0.05, 0.1) is 0 Å². The predicted octanol–water partition coefficient (Wildman–Crippen LogP) is 4.94. The molecule has 1 aromatic heterocycles. The lowest BCUT2D eigenvalue weighted by atomic mass is 9.83. The van der Waals surface area contributed by atoms with Crippen molar-refractivity contribution in [1.82, 2.24) is 15.0 Å². The highest BCUT2D eigenvalue weighted by Crippen LogP contribution is 2.38. The molecule has 0 aliphatic rings. The predicted molar refractivity (Wildman–Crippen MR) is 97.9 cm³/mol. The van der Waals surface area contributed by atoms with Crippen molar-refractivity contribution in [2.45, 2.75) is 52.4 Å². The number of nitrogens with zero attached hydrogens (tertiary/aromatic N) is 3. The molecule has 0 saturated carbocycles. The van der Waals surface area contributed by atoms with Gasteiger partial charge in [0.1, 0.15) is 22.5 Å². The number of hydrogen-bond donors (Lipinski definition) is 1. The van der Waals surface area contributed by atoms with Gasteiger partial charge >= 0.3 is 0 Å². The van der Waals surface area contributed by atoms with Crippen molar-refractivity contribution in [3.8, 4) is 11.4 Å². The Hall–Kier alpha value is -2.36. The molecular weight excluding hydrogens is 298 g/mol. The summed E-state index contributed by atoms with van der Waals surface area (Å²) >= 11 is 0. The van der Waals surface area contributed by atoms with E-state index in [1.807, 2.05) is 30.3 Å². The van der Waals surface area contributed by atoms with Gasteiger partial charge in [0.2, 0.25) is 0 Å². The number of fused-ring (bicyclic) bond motifs is 1. The SMILES string of the molecule is CCC(C)c1cc(-n2nc3ccccc3n2)c(O)c(C(C)(C)C)c1. The van der Waals surface area contributed by atoms with Gasteiger partial charge in [-0.25, -0.2) is 0 Å². The van der Waals surface area contributed by atoms with Crippen molar-refractivity contribution in [2.24, 2.45) is 0 Å². The number of rotatable bonds is 3. The van der Waals surface area contributed by atoms with E-state index in [9.17, 15) is 5.11 Å². The van der Waals surface area contributed by atoms with Crippen LogP contribution in [0, 0.1) is 0 Å². The summed E-state index contributed by atoms with van der Waals surface area (Å²) in [6.45, 7) is 10.7. The summed E-state index contributed by atoms with van der Waals surface area (Å²) in [7, 11) is 0. The fraction of sp³-hybridized carbons (Fsp3) is 0.400. The average Bonchev–Trinajstić information content (AvgIpc) is 2.97. The van der Waals surface area contributed by atoms with Crippen LogP contribution in [0.5, 0.6) is 5.75 Å². The van der Waals surface area contributed by atoms with E-state index in [4.69, 9.17) is 0 Å². The molecule has 0 aliphatic carbocycles. The Labute approximate surface area is 143 Å². The van der Waals surface area contributed by atoms with Gasteiger partial charge in [-0.15, -0.1) is 15.0 Å². The Morgan fingerprint density at radius 2 is 1.67 bits per heavy atom. The lowest BCUT2D eigenvalue weighted by Crippen LogP contribution is -2.14. The molecule has 0 spiro atoms. The van der Waals surface area contributed by atoms with E-state index < -0.39 is 0 Å². The lowest BCUT2D eigenvalue weighted by molar-refractivity contribution is 0.439. The van der Waals surface area contributed by atoms with E-state index in [0.717, 1.165) is 23.0 Å². The van der Waals surface area contributed by atoms with Gasteiger partial charge in [-0.3, -0.25) is 0 Å². The van der Waals surface area contributed by atoms with Crippen LogP contribution in [0.1, 0.15) is 58.1 Å². The Morgan fingerprint density at radius 3 is 2.17 bits per heavy atom. The minimum absolute atomic E-state index is 0.158. The van der Waals surface area contributed by atoms with Crippen LogP contribution in [0.4, 0.5) is 0 Å². The third-order valence-electron chi connectivity index (χ3n) is 4.60. The van der Waals surface area contributed by atoms with E-state index in [1.54, 1.807) is 4.80 Å². The Balaban J connectivity index is 2.25. The maximum Gasteiger partial charge on any atom is 0.146 e. The second-order valence-corrected chi connectivity index (χ2v) is 7.47. The maximum atomic E-state index is 10.9. The third kappa shape index (κ3) is 2.88. The molecule has 24 heavy (non-hydrogen) atoms. The zero-order valence-corrected chi connectivity index (χ0v) is 15.0. The van der Waals surface area contributed by atoms with Crippen LogP contribution in [-0.2, 0) is 5.41 Å². The second kappa shape index (κ2) is 5.93. The average molecular weight is 323 g/mol. The topological polar surface area (TPSA) is 50.9 Å². The fourth-order valence-corrected chi connectivity index (χ4v) is 2.85. The zero-order chi connectivity index (χ0) is 17.5. The highest BCUT2D eigenvalue weighted by Gasteiger charge is 2.24. The Kier molecular flexibility index (Phi) is 4.08. The third-order valence-corrected chi connectivity index (χ3v) is 4.60. The van der Waals surface area contributed by atoms with Crippen LogP contribution in [0.3, 0.4) is 0 Å². The summed E-state index contributed by atoms with van der Waals surface area (Å²) in [6, 6.07) is 11.9. The van der Waals surface area contributed by atoms with E-state index in [1.165, 1.54) is 5.56 Å². The standard InChI is InChI=1S/C20H25N3O/c1-6-13(2)14-11-15(20(3,4)5)19(24)18(12-14)23-21-16-9-7-8-10-17(16)22-23/h7-13,24H,6H2,1-5H3. The maximum absolute atomic E-state index is 10.9. The van der Waals surface area contributed by atoms with Crippen LogP contribution in [-0.4, -0.2) is 20.1 Å². The molecule has 2 aromatic carbocycles. The highest BCUT2D eigenvalue weighted by atomic mass is 16.3. The molecule has 0 aliphatic heterocycles. The van der Waals surface area contributed by atoms with Crippen molar-refractivity contribution in [1.29, 1.82) is 0 Å². The molecule has 0 amide bonds. The molecule has 4 heteroatoms. The number of phenolic OH excluding ortho intramolecular Hbond substituents is 1. The van der Waals surface area contributed by atoms with Crippen LogP contribution in [0.25, 0.3) is 16.7 Å². The van der Waals surface area contributed by atoms with Gasteiger partial charge < -0.3 is 5.11 Å². The first-order valence-corrected chi connectivity index (χ1v) is 8.51. The summed E-state index contributed by atoms with van der Waals surface area (Å²) in [5.74, 6) is 0.672. The number of benzene rings is 2. The van der Waals surface area contributed by atoms with Crippen LogP contribution in [0.15, 0.2) is 36.4 Å². The first-order chi connectivity index (χ1) is 11.3. The minimum Gasteiger partial charge on any atom is -0.505 e. The smallest absolute Gasteiger partial charge is 0.146 e. The highest BCUT2D eigenvalue weighted by molar-refractivity contribution is 5.73. The molecule has 3 aromatic rings. The molecule has 4 nitrogen and oxygen atoms in total. The van der Waals surface area contributed by atoms with Gasteiger partial charge in [-0.2, -0.15) is 0 Å². The summed E-state index contributed by atoms with van der Waals surface area (Å²) in [5.41, 5.74) is 4.27. The van der Waals surface area contributed by atoms with Crippen molar-refractivity contribution in [3.63, 3.8) is 0 Å². The van der Waals surface area contributed by atoms with Gasteiger partial charge in [-0.05, 0) is 41.5 Å². The fourth-order valence-electron chi connectivity index (χ4n) is 2.85. The molecular formula is C20H25N3O. The van der Waals surface area contributed by atoms with E-state index in [-0.39, 0.29) is 11.2 Å². The summed E-state index contributed by atoms with van der Waals surface area (Å²) < 4.78 is 0.